The Morgan fingerprint density at radius 1 is 0.774 bits per heavy atom. The van der Waals surface area contributed by atoms with E-state index < -0.39 is 5.60 Å². The van der Waals surface area contributed by atoms with Crippen molar-refractivity contribution in [2.45, 2.75) is 19.4 Å². The van der Waals surface area contributed by atoms with Crippen LogP contribution in [-0.2, 0) is 5.60 Å². The minimum absolute atomic E-state index is 0.623. The van der Waals surface area contributed by atoms with Crippen LogP contribution in [0.4, 0.5) is 0 Å². The highest BCUT2D eigenvalue weighted by Gasteiger charge is 2.34. The quantitative estimate of drug-likeness (QED) is 0.432. The third-order valence-corrected chi connectivity index (χ3v) is 5.86. The average molecular weight is 440 g/mol. The molecule has 0 amide bonds. The zero-order valence-corrected chi connectivity index (χ0v) is 19.1. The van der Waals surface area contributed by atoms with Crippen molar-refractivity contribution in [2.75, 3.05) is 33.4 Å². The summed E-state index contributed by atoms with van der Waals surface area (Å²) in [5.41, 5.74) is 0.885. The molecule has 0 aliphatic carbocycles. The summed E-state index contributed by atoms with van der Waals surface area (Å²) < 4.78 is 11.2. The molecule has 4 nitrogen and oxygen atoms in total. The number of methoxy groups -OCH3 is 1. The number of aliphatic hydroxyl groups is 1. The Morgan fingerprint density at radius 2 is 1.23 bits per heavy atom. The fraction of sp³-hybridized carbons (Fsp3) is 0.308. The van der Waals surface area contributed by atoms with Crippen molar-refractivity contribution >= 4 is 11.6 Å². The van der Waals surface area contributed by atoms with Crippen LogP contribution in [0.5, 0.6) is 11.5 Å². The largest absolute Gasteiger partial charge is 0.497 e. The zero-order valence-electron chi connectivity index (χ0n) is 18.3. The van der Waals surface area contributed by atoms with E-state index in [2.05, 4.69) is 18.7 Å². The summed E-state index contributed by atoms with van der Waals surface area (Å²) in [5.74, 6) is 1.52. The van der Waals surface area contributed by atoms with E-state index in [-0.39, 0.29) is 0 Å². The Kier molecular flexibility index (Phi) is 7.97. The van der Waals surface area contributed by atoms with Crippen molar-refractivity contribution in [3.8, 4) is 11.5 Å². The molecule has 0 spiro atoms. The first kappa shape index (κ1) is 23.1. The Bertz CT molecular complexity index is 938. The van der Waals surface area contributed by atoms with Gasteiger partial charge in [-0.25, -0.2) is 0 Å². The molecule has 0 saturated carbocycles. The Labute approximate surface area is 190 Å². The maximum Gasteiger partial charge on any atom is 0.140 e. The predicted molar refractivity (Wildman–Crippen MR) is 126 cm³/mol. The van der Waals surface area contributed by atoms with Crippen LogP contribution < -0.4 is 9.47 Å². The van der Waals surface area contributed by atoms with Gasteiger partial charge in [0, 0.05) is 11.6 Å². The standard InChI is InChI=1S/C26H30ClNO3/c1-4-28(5-2)18-19-31-25-16-10-22(11-17-25)26(29,20-6-12-23(27)13-7-20)21-8-14-24(30-3)15-9-21/h6-17,29H,4-5,18-19H2,1-3H3. The summed E-state index contributed by atoms with van der Waals surface area (Å²) in [6, 6.07) is 22.3. The highest BCUT2D eigenvalue weighted by atomic mass is 35.5. The van der Waals surface area contributed by atoms with Gasteiger partial charge in [-0.1, -0.05) is 61.8 Å². The second kappa shape index (κ2) is 10.7. The van der Waals surface area contributed by atoms with Gasteiger partial charge in [-0.15, -0.1) is 0 Å². The van der Waals surface area contributed by atoms with Crippen LogP contribution in [0.1, 0.15) is 30.5 Å². The van der Waals surface area contributed by atoms with E-state index in [4.69, 9.17) is 21.1 Å². The minimum Gasteiger partial charge on any atom is -0.497 e. The molecule has 5 heteroatoms. The van der Waals surface area contributed by atoms with E-state index in [9.17, 15) is 5.11 Å². The van der Waals surface area contributed by atoms with Crippen LogP contribution in [-0.4, -0.2) is 43.4 Å². The zero-order chi connectivity index (χ0) is 22.3. The summed E-state index contributed by atoms with van der Waals surface area (Å²) in [4.78, 5) is 2.32. The molecular formula is C26H30ClNO3. The van der Waals surface area contributed by atoms with Gasteiger partial charge in [0.25, 0.3) is 0 Å². The minimum atomic E-state index is -1.34. The van der Waals surface area contributed by atoms with Crippen LogP contribution >= 0.6 is 11.6 Å². The van der Waals surface area contributed by atoms with Crippen LogP contribution in [0.25, 0.3) is 0 Å². The predicted octanol–water partition coefficient (Wildman–Crippen LogP) is 5.35. The molecule has 3 aromatic rings. The van der Waals surface area contributed by atoms with Gasteiger partial charge in [-0.2, -0.15) is 0 Å². The molecule has 1 unspecified atom stereocenters. The first-order valence-electron chi connectivity index (χ1n) is 10.6. The highest BCUT2D eigenvalue weighted by Crippen LogP contribution is 2.38. The molecule has 0 heterocycles. The number of nitrogens with zero attached hydrogens (tertiary/aromatic N) is 1. The van der Waals surface area contributed by atoms with Crippen molar-refractivity contribution in [1.29, 1.82) is 0 Å². The van der Waals surface area contributed by atoms with Crippen molar-refractivity contribution in [3.05, 3.63) is 94.5 Å². The van der Waals surface area contributed by atoms with Crippen molar-refractivity contribution in [3.63, 3.8) is 0 Å². The summed E-state index contributed by atoms with van der Waals surface area (Å²) in [7, 11) is 1.62. The lowest BCUT2D eigenvalue weighted by atomic mass is 9.80. The van der Waals surface area contributed by atoms with Crippen molar-refractivity contribution < 1.29 is 14.6 Å². The molecule has 0 aliphatic heterocycles. The fourth-order valence-electron chi connectivity index (χ4n) is 3.65. The molecule has 0 aromatic heterocycles. The highest BCUT2D eigenvalue weighted by molar-refractivity contribution is 6.30. The lowest BCUT2D eigenvalue weighted by Crippen LogP contribution is -2.29. The lowest BCUT2D eigenvalue weighted by molar-refractivity contribution is 0.125. The number of hydrogen-bond acceptors (Lipinski definition) is 4. The van der Waals surface area contributed by atoms with Crippen LogP contribution in [0.3, 0.4) is 0 Å². The topological polar surface area (TPSA) is 41.9 Å². The lowest BCUT2D eigenvalue weighted by Gasteiger charge is -2.30. The Balaban J connectivity index is 1.89. The molecule has 164 valence electrons. The van der Waals surface area contributed by atoms with Crippen LogP contribution in [0.15, 0.2) is 72.8 Å². The van der Waals surface area contributed by atoms with Crippen LogP contribution in [0, 0.1) is 0 Å². The Hall–Kier alpha value is -2.53. The molecule has 1 atom stereocenters. The van der Waals surface area contributed by atoms with Gasteiger partial charge in [0.05, 0.1) is 7.11 Å². The van der Waals surface area contributed by atoms with Gasteiger partial charge < -0.3 is 19.5 Å². The number of hydrogen-bond donors (Lipinski definition) is 1. The molecule has 0 fully saturated rings. The Morgan fingerprint density at radius 3 is 1.68 bits per heavy atom. The van der Waals surface area contributed by atoms with Gasteiger partial charge in [-0.05, 0) is 66.2 Å². The normalized spacial score (nSPS) is 13.1. The maximum absolute atomic E-state index is 12.0. The third-order valence-electron chi connectivity index (χ3n) is 5.61. The molecule has 3 aromatic carbocycles. The van der Waals surface area contributed by atoms with Gasteiger partial charge in [0.1, 0.15) is 23.7 Å². The van der Waals surface area contributed by atoms with Crippen molar-refractivity contribution in [2.24, 2.45) is 0 Å². The number of halogens is 1. The fourth-order valence-corrected chi connectivity index (χ4v) is 3.77. The molecule has 0 radical (unpaired) electrons. The van der Waals surface area contributed by atoms with E-state index >= 15 is 0 Å². The molecule has 0 aliphatic rings. The number of likely N-dealkylation sites (N-methyl/N-ethyl adjacent to an activating group) is 1. The van der Waals surface area contributed by atoms with E-state index in [1.807, 2.05) is 60.7 Å². The van der Waals surface area contributed by atoms with Gasteiger partial charge in [-0.3, -0.25) is 0 Å². The SMILES string of the molecule is CCN(CC)CCOc1ccc(C(O)(c2ccc(Cl)cc2)c2ccc(OC)cc2)cc1. The van der Waals surface area contributed by atoms with Gasteiger partial charge >= 0.3 is 0 Å². The first-order chi connectivity index (χ1) is 15.0. The first-order valence-corrected chi connectivity index (χ1v) is 11.0. The third kappa shape index (κ3) is 5.40. The summed E-state index contributed by atoms with van der Waals surface area (Å²) in [6.07, 6.45) is 0. The van der Waals surface area contributed by atoms with Crippen LogP contribution in [0.2, 0.25) is 5.02 Å². The summed E-state index contributed by atoms with van der Waals surface area (Å²) in [6.45, 7) is 7.82. The van der Waals surface area contributed by atoms with Gasteiger partial charge in [0.2, 0.25) is 0 Å². The van der Waals surface area contributed by atoms with E-state index in [1.54, 1.807) is 19.2 Å². The number of ether oxygens (including phenoxy) is 2. The molecule has 3 rings (SSSR count). The molecule has 31 heavy (non-hydrogen) atoms. The second-order valence-electron chi connectivity index (χ2n) is 7.35. The molecule has 1 N–H and O–H groups in total. The van der Waals surface area contributed by atoms with E-state index in [0.717, 1.165) is 47.8 Å². The monoisotopic (exact) mass is 439 g/mol. The van der Waals surface area contributed by atoms with Gasteiger partial charge in [0.15, 0.2) is 0 Å². The summed E-state index contributed by atoms with van der Waals surface area (Å²) in [5, 5.41) is 12.6. The number of rotatable bonds is 10. The maximum atomic E-state index is 12.0. The smallest absolute Gasteiger partial charge is 0.140 e. The molecule has 0 bridgehead atoms. The van der Waals surface area contributed by atoms with Crippen molar-refractivity contribution in [1.82, 2.24) is 4.90 Å². The average Bonchev–Trinajstić information content (AvgIpc) is 2.82. The van der Waals surface area contributed by atoms with E-state index in [0.29, 0.717) is 11.6 Å². The molecule has 0 saturated heterocycles. The molecular weight excluding hydrogens is 410 g/mol. The summed E-state index contributed by atoms with van der Waals surface area (Å²) >= 11 is 6.09. The van der Waals surface area contributed by atoms with E-state index in [1.165, 1.54) is 0 Å². The number of benzene rings is 3. The second-order valence-corrected chi connectivity index (χ2v) is 7.78.